The number of carbonyl (C=O) groups excluding carboxylic acids is 2. The first kappa shape index (κ1) is 17.5. The molecule has 26 heavy (non-hydrogen) atoms. The molecule has 1 aromatic rings. The number of likely N-dealkylation sites (tertiary alicyclic amines) is 2. The molecule has 0 aromatic heterocycles. The molecule has 0 saturated carbocycles. The van der Waals surface area contributed by atoms with Crippen molar-refractivity contribution >= 4 is 11.8 Å². The topological polar surface area (TPSA) is 49.9 Å². The Morgan fingerprint density at radius 2 is 1.96 bits per heavy atom. The lowest BCUT2D eigenvalue weighted by Gasteiger charge is -2.39. The van der Waals surface area contributed by atoms with E-state index in [4.69, 9.17) is 4.74 Å². The predicted octanol–water partition coefficient (Wildman–Crippen LogP) is 2.63. The second kappa shape index (κ2) is 7.03. The Hall–Kier alpha value is -1.88. The normalized spacial score (nSPS) is 25.3. The minimum absolute atomic E-state index is 0.0553. The molecule has 0 aliphatic carbocycles. The van der Waals surface area contributed by atoms with E-state index in [-0.39, 0.29) is 23.3 Å². The van der Waals surface area contributed by atoms with Crippen molar-refractivity contribution in [2.24, 2.45) is 5.41 Å². The first-order valence-electron chi connectivity index (χ1n) is 9.80. The van der Waals surface area contributed by atoms with Crippen LogP contribution in [0, 0.1) is 12.3 Å². The molecule has 0 bridgehead atoms. The Morgan fingerprint density at radius 3 is 2.62 bits per heavy atom. The van der Waals surface area contributed by atoms with Crippen molar-refractivity contribution < 1.29 is 14.3 Å². The maximum Gasteiger partial charge on any atom is 0.253 e. The Morgan fingerprint density at radius 1 is 1.23 bits per heavy atom. The van der Waals surface area contributed by atoms with Gasteiger partial charge in [-0.3, -0.25) is 9.59 Å². The van der Waals surface area contributed by atoms with Gasteiger partial charge < -0.3 is 14.5 Å². The quantitative estimate of drug-likeness (QED) is 0.837. The van der Waals surface area contributed by atoms with E-state index in [1.807, 2.05) is 41.0 Å². The van der Waals surface area contributed by atoms with Crippen LogP contribution < -0.4 is 0 Å². The van der Waals surface area contributed by atoms with Crippen LogP contribution in [0.3, 0.4) is 0 Å². The number of amides is 2. The summed E-state index contributed by atoms with van der Waals surface area (Å²) in [4.78, 5) is 29.2. The third-order valence-corrected chi connectivity index (χ3v) is 6.26. The summed E-state index contributed by atoms with van der Waals surface area (Å²) in [6.07, 6.45) is 4.85. The van der Waals surface area contributed by atoms with Crippen molar-refractivity contribution in [2.45, 2.75) is 45.1 Å². The highest BCUT2D eigenvalue weighted by molar-refractivity contribution is 5.94. The molecular weight excluding hydrogens is 328 g/mol. The molecule has 1 unspecified atom stereocenters. The Labute approximate surface area is 155 Å². The van der Waals surface area contributed by atoms with Crippen LogP contribution in [0.5, 0.6) is 0 Å². The van der Waals surface area contributed by atoms with Crippen molar-refractivity contribution in [3.05, 3.63) is 35.4 Å². The van der Waals surface area contributed by atoms with E-state index in [0.717, 1.165) is 69.6 Å². The molecule has 0 radical (unpaired) electrons. The minimum Gasteiger partial charge on any atom is -0.376 e. The first-order chi connectivity index (χ1) is 12.5. The van der Waals surface area contributed by atoms with Gasteiger partial charge in [-0.25, -0.2) is 0 Å². The van der Waals surface area contributed by atoms with E-state index >= 15 is 0 Å². The highest BCUT2D eigenvalue weighted by Gasteiger charge is 2.46. The fourth-order valence-electron chi connectivity index (χ4n) is 4.58. The maximum atomic E-state index is 12.7. The number of piperidine rings is 1. The molecule has 0 N–H and O–H groups in total. The summed E-state index contributed by atoms with van der Waals surface area (Å²) < 4.78 is 5.70. The molecule has 2 amide bonds. The fraction of sp³-hybridized carbons (Fsp3) is 0.619. The van der Waals surface area contributed by atoms with Crippen LogP contribution in [0.25, 0.3) is 0 Å². The van der Waals surface area contributed by atoms with E-state index in [1.54, 1.807) is 0 Å². The van der Waals surface area contributed by atoms with Gasteiger partial charge in [0, 0.05) is 50.2 Å². The number of carbonyl (C=O) groups is 2. The third-order valence-electron chi connectivity index (χ3n) is 6.26. The summed E-state index contributed by atoms with van der Waals surface area (Å²) in [6, 6.07) is 7.78. The first-order valence-corrected chi connectivity index (χ1v) is 9.80. The Bertz CT molecular complexity index is 671. The van der Waals surface area contributed by atoms with E-state index in [9.17, 15) is 9.59 Å². The average molecular weight is 356 g/mol. The summed E-state index contributed by atoms with van der Waals surface area (Å²) in [5.41, 5.74) is 1.98. The van der Waals surface area contributed by atoms with Crippen molar-refractivity contribution in [1.82, 2.24) is 9.80 Å². The highest BCUT2D eigenvalue weighted by Crippen LogP contribution is 2.41. The van der Waals surface area contributed by atoms with Crippen molar-refractivity contribution in [3.8, 4) is 0 Å². The second-order valence-electron chi connectivity index (χ2n) is 8.24. The SMILES string of the molecule is Cc1ccc(C(=O)N2CCC3(CC2)CC(=O)N(CC2CCCO2)C3)cc1. The zero-order valence-electron chi connectivity index (χ0n) is 15.6. The van der Waals surface area contributed by atoms with E-state index in [1.165, 1.54) is 0 Å². The molecule has 3 aliphatic rings. The molecule has 3 saturated heterocycles. The van der Waals surface area contributed by atoms with E-state index in [2.05, 4.69) is 0 Å². The Balaban J connectivity index is 1.34. The largest absolute Gasteiger partial charge is 0.376 e. The lowest BCUT2D eigenvalue weighted by atomic mass is 9.77. The summed E-state index contributed by atoms with van der Waals surface area (Å²) in [5.74, 6) is 0.374. The van der Waals surface area contributed by atoms with Gasteiger partial charge in [-0.15, -0.1) is 0 Å². The zero-order valence-corrected chi connectivity index (χ0v) is 15.6. The summed E-state index contributed by atoms with van der Waals surface area (Å²) in [5, 5.41) is 0. The summed E-state index contributed by atoms with van der Waals surface area (Å²) in [6.45, 7) is 5.92. The van der Waals surface area contributed by atoms with Gasteiger partial charge in [0.25, 0.3) is 5.91 Å². The smallest absolute Gasteiger partial charge is 0.253 e. The number of rotatable bonds is 3. The van der Waals surface area contributed by atoms with Crippen LogP contribution in [-0.2, 0) is 9.53 Å². The number of ether oxygens (including phenoxy) is 1. The van der Waals surface area contributed by atoms with Crippen LogP contribution in [-0.4, -0.2) is 60.5 Å². The van der Waals surface area contributed by atoms with Gasteiger partial charge in [0.15, 0.2) is 0 Å². The highest BCUT2D eigenvalue weighted by atomic mass is 16.5. The molecule has 5 heteroatoms. The monoisotopic (exact) mass is 356 g/mol. The maximum absolute atomic E-state index is 12.7. The molecule has 140 valence electrons. The van der Waals surface area contributed by atoms with Crippen LogP contribution in [0.1, 0.15) is 48.0 Å². The molecule has 3 aliphatic heterocycles. The zero-order chi connectivity index (χ0) is 18.1. The molecule has 3 heterocycles. The molecule has 1 atom stereocenters. The van der Waals surface area contributed by atoms with Crippen LogP contribution in [0.15, 0.2) is 24.3 Å². The summed E-state index contributed by atoms with van der Waals surface area (Å²) >= 11 is 0. The molecular formula is C21H28N2O3. The van der Waals surface area contributed by atoms with Gasteiger partial charge in [0.1, 0.15) is 0 Å². The van der Waals surface area contributed by atoms with Crippen molar-refractivity contribution in [2.75, 3.05) is 32.8 Å². The second-order valence-corrected chi connectivity index (χ2v) is 8.24. The van der Waals surface area contributed by atoms with Gasteiger partial charge in [-0.05, 0) is 44.7 Å². The average Bonchev–Trinajstić information content (AvgIpc) is 3.25. The van der Waals surface area contributed by atoms with Crippen molar-refractivity contribution in [1.29, 1.82) is 0 Å². The molecule has 4 rings (SSSR count). The van der Waals surface area contributed by atoms with Crippen LogP contribution in [0.2, 0.25) is 0 Å². The lowest BCUT2D eigenvalue weighted by molar-refractivity contribution is -0.129. The predicted molar refractivity (Wildman–Crippen MR) is 98.9 cm³/mol. The fourth-order valence-corrected chi connectivity index (χ4v) is 4.58. The standard InChI is InChI=1S/C21H28N2O3/c1-16-4-6-17(7-5-16)20(25)22-10-8-21(9-11-22)13-19(24)23(15-21)14-18-3-2-12-26-18/h4-7,18H,2-3,8-15H2,1H3. The van der Waals surface area contributed by atoms with Crippen LogP contribution in [0.4, 0.5) is 0 Å². The van der Waals surface area contributed by atoms with Gasteiger partial charge in [0.2, 0.25) is 5.91 Å². The lowest BCUT2D eigenvalue weighted by Crippen LogP contribution is -2.44. The summed E-state index contributed by atoms with van der Waals surface area (Å²) in [7, 11) is 0. The van der Waals surface area contributed by atoms with E-state index in [0.29, 0.717) is 6.42 Å². The number of nitrogens with zero attached hydrogens (tertiary/aromatic N) is 2. The number of benzene rings is 1. The number of aryl methyl sites for hydroxylation is 1. The van der Waals surface area contributed by atoms with Crippen LogP contribution >= 0.6 is 0 Å². The van der Waals surface area contributed by atoms with Gasteiger partial charge in [0.05, 0.1) is 6.10 Å². The van der Waals surface area contributed by atoms with Gasteiger partial charge in [-0.1, -0.05) is 17.7 Å². The molecule has 1 aromatic carbocycles. The molecule has 5 nitrogen and oxygen atoms in total. The van der Waals surface area contributed by atoms with Crippen molar-refractivity contribution in [3.63, 3.8) is 0 Å². The van der Waals surface area contributed by atoms with E-state index < -0.39 is 0 Å². The minimum atomic E-state index is 0.0553. The third kappa shape index (κ3) is 3.50. The molecule has 3 fully saturated rings. The van der Waals surface area contributed by atoms with Gasteiger partial charge in [-0.2, -0.15) is 0 Å². The molecule has 1 spiro atoms. The Kier molecular flexibility index (Phi) is 4.74. The number of hydrogen-bond acceptors (Lipinski definition) is 3. The number of hydrogen-bond donors (Lipinski definition) is 0. The van der Waals surface area contributed by atoms with Gasteiger partial charge >= 0.3 is 0 Å².